The third kappa shape index (κ3) is 2.05. The monoisotopic (exact) mass is 197 g/mol. The van der Waals surface area contributed by atoms with Gasteiger partial charge >= 0.3 is 0 Å². The number of nitriles is 1. The molecular formula is C12H11N3. The Balaban J connectivity index is 2.30. The van der Waals surface area contributed by atoms with Crippen molar-refractivity contribution in [1.29, 1.82) is 5.26 Å². The molecule has 0 saturated heterocycles. The van der Waals surface area contributed by atoms with Crippen molar-refractivity contribution in [1.82, 2.24) is 9.78 Å². The third-order valence-corrected chi connectivity index (χ3v) is 2.20. The van der Waals surface area contributed by atoms with Gasteiger partial charge in [-0.05, 0) is 25.1 Å². The number of aromatic nitrogens is 2. The van der Waals surface area contributed by atoms with Crippen LogP contribution < -0.4 is 0 Å². The summed E-state index contributed by atoms with van der Waals surface area (Å²) in [6, 6.07) is 12.1. The quantitative estimate of drug-likeness (QED) is 0.740. The van der Waals surface area contributed by atoms with Crippen molar-refractivity contribution in [3.8, 4) is 11.8 Å². The molecule has 15 heavy (non-hydrogen) atoms. The van der Waals surface area contributed by atoms with Gasteiger partial charge < -0.3 is 0 Å². The summed E-state index contributed by atoms with van der Waals surface area (Å²) in [6.45, 7) is 2.05. The van der Waals surface area contributed by atoms with Gasteiger partial charge in [0.2, 0.25) is 0 Å². The molecule has 0 N–H and O–H groups in total. The predicted octanol–water partition coefficient (Wildman–Crippen LogP) is 2.25. The molecule has 2 rings (SSSR count). The van der Waals surface area contributed by atoms with E-state index < -0.39 is 0 Å². The van der Waals surface area contributed by atoms with Crippen molar-refractivity contribution < 1.29 is 0 Å². The van der Waals surface area contributed by atoms with E-state index in [1.165, 1.54) is 5.56 Å². The lowest BCUT2D eigenvalue weighted by Gasteiger charge is -2.00. The third-order valence-electron chi connectivity index (χ3n) is 2.20. The Bertz CT molecular complexity index is 488. The van der Waals surface area contributed by atoms with Crippen LogP contribution in [0, 0.1) is 18.3 Å². The fourth-order valence-electron chi connectivity index (χ4n) is 1.38. The Morgan fingerprint density at radius 3 is 2.67 bits per heavy atom. The van der Waals surface area contributed by atoms with Gasteiger partial charge in [0.1, 0.15) is 0 Å². The summed E-state index contributed by atoms with van der Waals surface area (Å²) >= 11 is 0. The van der Waals surface area contributed by atoms with E-state index in [1.54, 1.807) is 4.68 Å². The van der Waals surface area contributed by atoms with E-state index in [2.05, 4.69) is 11.2 Å². The molecule has 3 heteroatoms. The first-order chi connectivity index (χ1) is 7.29. The topological polar surface area (TPSA) is 41.6 Å². The van der Waals surface area contributed by atoms with Gasteiger partial charge in [-0.1, -0.05) is 17.7 Å². The zero-order valence-electron chi connectivity index (χ0n) is 8.51. The van der Waals surface area contributed by atoms with Crippen molar-refractivity contribution in [2.45, 2.75) is 13.3 Å². The van der Waals surface area contributed by atoms with Crippen LogP contribution >= 0.6 is 0 Å². The maximum atomic E-state index is 8.54. The fourth-order valence-corrected chi connectivity index (χ4v) is 1.38. The van der Waals surface area contributed by atoms with Gasteiger partial charge in [-0.2, -0.15) is 10.4 Å². The molecule has 3 nitrogen and oxygen atoms in total. The average molecular weight is 197 g/mol. The second kappa shape index (κ2) is 3.97. The van der Waals surface area contributed by atoms with Crippen molar-refractivity contribution in [2.24, 2.45) is 0 Å². The molecule has 1 heterocycles. The SMILES string of the molecule is Cc1ccc(-n2ccc(CC#N)n2)cc1. The molecule has 0 aliphatic rings. The van der Waals surface area contributed by atoms with Crippen LogP contribution in [0.3, 0.4) is 0 Å². The van der Waals surface area contributed by atoms with Crippen LogP contribution in [0.25, 0.3) is 5.69 Å². The molecule has 0 fully saturated rings. The lowest BCUT2D eigenvalue weighted by molar-refractivity contribution is 0.852. The zero-order valence-corrected chi connectivity index (χ0v) is 8.51. The van der Waals surface area contributed by atoms with Gasteiger partial charge in [0.25, 0.3) is 0 Å². The van der Waals surface area contributed by atoms with E-state index in [-0.39, 0.29) is 0 Å². The van der Waals surface area contributed by atoms with Gasteiger partial charge in [0.05, 0.1) is 23.9 Å². The second-order valence-corrected chi connectivity index (χ2v) is 3.42. The van der Waals surface area contributed by atoms with Gasteiger partial charge in [-0.25, -0.2) is 4.68 Å². The van der Waals surface area contributed by atoms with Gasteiger partial charge in [0.15, 0.2) is 0 Å². The summed E-state index contributed by atoms with van der Waals surface area (Å²) in [5.41, 5.74) is 3.05. The number of nitrogens with zero attached hydrogens (tertiary/aromatic N) is 3. The number of benzene rings is 1. The number of rotatable bonds is 2. The molecule has 1 aromatic heterocycles. The van der Waals surface area contributed by atoms with Crippen LogP contribution in [0.15, 0.2) is 36.5 Å². The smallest absolute Gasteiger partial charge is 0.0793 e. The van der Waals surface area contributed by atoms with E-state index in [4.69, 9.17) is 5.26 Å². The average Bonchev–Trinajstić information content (AvgIpc) is 2.68. The molecule has 0 spiro atoms. The summed E-state index contributed by atoms with van der Waals surface area (Å²) in [7, 11) is 0. The highest BCUT2D eigenvalue weighted by atomic mass is 15.3. The molecule has 0 atom stereocenters. The molecule has 0 saturated carbocycles. The molecule has 74 valence electrons. The molecule has 0 aliphatic heterocycles. The highest BCUT2D eigenvalue weighted by Gasteiger charge is 1.99. The largest absolute Gasteiger partial charge is 0.241 e. The summed E-state index contributed by atoms with van der Waals surface area (Å²) in [4.78, 5) is 0. The number of aryl methyl sites for hydroxylation is 1. The lowest BCUT2D eigenvalue weighted by atomic mass is 10.2. The van der Waals surface area contributed by atoms with Crippen LogP contribution in [0.4, 0.5) is 0 Å². The lowest BCUT2D eigenvalue weighted by Crippen LogP contribution is -1.95. The Morgan fingerprint density at radius 1 is 1.27 bits per heavy atom. The predicted molar refractivity (Wildman–Crippen MR) is 57.6 cm³/mol. The van der Waals surface area contributed by atoms with Crippen LogP contribution in [0.1, 0.15) is 11.3 Å². The van der Waals surface area contributed by atoms with E-state index in [9.17, 15) is 0 Å². The first-order valence-corrected chi connectivity index (χ1v) is 4.78. The van der Waals surface area contributed by atoms with Crippen molar-refractivity contribution >= 4 is 0 Å². The standard InChI is InChI=1S/C12H11N3/c1-10-2-4-12(5-3-10)15-9-7-11(14-15)6-8-13/h2-5,7,9H,6H2,1H3. The van der Waals surface area contributed by atoms with Crippen LogP contribution in [0.2, 0.25) is 0 Å². The normalized spacial score (nSPS) is 9.87. The van der Waals surface area contributed by atoms with E-state index in [0.717, 1.165) is 11.4 Å². The minimum absolute atomic E-state index is 0.360. The van der Waals surface area contributed by atoms with E-state index in [1.807, 2.05) is 43.5 Å². The highest BCUT2D eigenvalue weighted by molar-refractivity contribution is 5.33. The summed E-state index contributed by atoms with van der Waals surface area (Å²) in [6.07, 6.45) is 2.23. The van der Waals surface area contributed by atoms with Gasteiger partial charge in [0, 0.05) is 6.20 Å². The van der Waals surface area contributed by atoms with E-state index in [0.29, 0.717) is 6.42 Å². The summed E-state index contributed by atoms with van der Waals surface area (Å²) in [5, 5.41) is 12.8. The van der Waals surface area contributed by atoms with Crippen LogP contribution in [-0.2, 0) is 6.42 Å². The molecule has 0 radical (unpaired) electrons. The maximum Gasteiger partial charge on any atom is 0.0793 e. The van der Waals surface area contributed by atoms with Crippen molar-refractivity contribution in [2.75, 3.05) is 0 Å². The minimum Gasteiger partial charge on any atom is -0.241 e. The summed E-state index contributed by atoms with van der Waals surface area (Å²) in [5.74, 6) is 0. The first kappa shape index (κ1) is 9.47. The number of hydrogen-bond acceptors (Lipinski definition) is 2. The molecule has 0 aliphatic carbocycles. The molecule has 0 bridgehead atoms. The molecule has 0 amide bonds. The Hall–Kier alpha value is -2.08. The fraction of sp³-hybridized carbons (Fsp3) is 0.167. The summed E-state index contributed by atoms with van der Waals surface area (Å²) < 4.78 is 1.78. The van der Waals surface area contributed by atoms with Crippen LogP contribution in [-0.4, -0.2) is 9.78 Å². The second-order valence-electron chi connectivity index (χ2n) is 3.42. The minimum atomic E-state index is 0.360. The maximum absolute atomic E-state index is 8.54. The van der Waals surface area contributed by atoms with Crippen molar-refractivity contribution in [3.63, 3.8) is 0 Å². The van der Waals surface area contributed by atoms with Crippen LogP contribution in [0.5, 0.6) is 0 Å². The molecule has 1 aromatic carbocycles. The first-order valence-electron chi connectivity index (χ1n) is 4.78. The highest BCUT2D eigenvalue weighted by Crippen LogP contribution is 2.09. The van der Waals surface area contributed by atoms with E-state index >= 15 is 0 Å². The van der Waals surface area contributed by atoms with Gasteiger partial charge in [-0.3, -0.25) is 0 Å². The molecular weight excluding hydrogens is 186 g/mol. The Kier molecular flexibility index (Phi) is 2.51. The molecule has 0 unspecified atom stereocenters. The number of hydrogen-bond donors (Lipinski definition) is 0. The van der Waals surface area contributed by atoms with Gasteiger partial charge in [-0.15, -0.1) is 0 Å². The Labute approximate surface area is 88.6 Å². The molecule has 2 aromatic rings. The zero-order chi connectivity index (χ0) is 10.7. The van der Waals surface area contributed by atoms with Crippen molar-refractivity contribution in [3.05, 3.63) is 47.8 Å². The Morgan fingerprint density at radius 2 is 2.00 bits per heavy atom.